The van der Waals surface area contributed by atoms with Crippen LogP contribution in [-0.2, 0) is 16.1 Å². The fraction of sp³-hybridized carbons (Fsp3) is 0.167. The van der Waals surface area contributed by atoms with Crippen molar-refractivity contribution in [1.82, 2.24) is 10.1 Å². The number of ether oxygens (including phenoxy) is 3. The second-order valence-corrected chi connectivity index (χ2v) is 5.93. The zero-order valence-electron chi connectivity index (χ0n) is 13.4. The minimum Gasteiger partial charge on any atom is -0.485 e. The number of fused-ring (bicyclic) bond motifs is 1. The van der Waals surface area contributed by atoms with E-state index in [1.165, 1.54) is 0 Å². The van der Waals surface area contributed by atoms with Crippen molar-refractivity contribution in [2.24, 2.45) is 0 Å². The highest BCUT2D eigenvalue weighted by molar-refractivity contribution is 6.30. The number of nitrogens with zero attached hydrogens (tertiary/aromatic N) is 2. The summed E-state index contributed by atoms with van der Waals surface area (Å²) in [5, 5.41) is 4.42. The van der Waals surface area contributed by atoms with Crippen LogP contribution < -0.4 is 9.47 Å². The molecule has 1 aliphatic rings. The summed E-state index contributed by atoms with van der Waals surface area (Å²) >= 11 is 5.94. The van der Waals surface area contributed by atoms with Gasteiger partial charge >= 0.3 is 5.97 Å². The summed E-state index contributed by atoms with van der Waals surface area (Å²) in [6.07, 6.45) is -0.847. The first kappa shape index (κ1) is 16.4. The van der Waals surface area contributed by atoms with Crippen LogP contribution in [0.3, 0.4) is 0 Å². The number of hydrogen-bond acceptors (Lipinski definition) is 7. The van der Waals surface area contributed by atoms with E-state index in [2.05, 4.69) is 10.1 Å². The predicted molar refractivity (Wildman–Crippen MR) is 90.9 cm³/mol. The normalized spacial score (nSPS) is 15.5. The van der Waals surface area contributed by atoms with Gasteiger partial charge in [0.25, 0.3) is 5.89 Å². The highest BCUT2D eigenvalue weighted by Gasteiger charge is 2.29. The molecular formula is C18H13ClN2O5. The van der Waals surface area contributed by atoms with Crippen LogP contribution in [0.1, 0.15) is 5.89 Å². The van der Waals surface area contributed by atoms with E-state index in [1.54, 1.807) is 42.5 Å². The van der Waals surface area contributed by atoms with E-state index >= 15 is 0 Å². The molecular weight excluding hydrogens is 360 g/mol. The average Bonchev–Trinajstić information content (AvgIpc) is 3.15. The molecule has 0 saturated heterocycles. The molecule has 0 saturated carbocycles. The maximum Gasteiger partial charge on any atom is 0.351 e. The number of benzene rings is 2. The van der Waals surface area contributed by atoms with E-state index in [1.807, 2.05) is 6.07 Å². The first-order valence-electron chi connectivity index (χ1n) is 7.83. The van der Waals surface area contributed by atoms with E-state index in [0.29, 0.717) is 27.9 Å². The van der Waals surface area contributed by atoms with Gasteiger partial charge < -0.3 is 18.7 Å². The molecule has 8 heteroatoms. The molecule has 2 aromatic carbocycles. The Bertz CT molecular complexity index is 943. The van der Waals surface area contributed by atoms with Crippen LogP contribution in [0.4, 0.5) is 0 Å². The van der Waals surface area contributed by atoms with Crippen molar-refractivity contribution in [2.75, 3.05) is 6.61 Å². The molecule has 0 fully saturated rings. The molecule has 1 atom stereocenters. The fourth-order valence-electron chi connectivity index (χ4n) is 2.42. The maximum absolute atomic E-state index is 12.2. The smallest absolute Gasteiger partial charge is 0.351 e. The first-order chi connectivity index (χ1) is 12.7. The number of carbonyl (C=O) groups is 1. The summed E-state index contributed by atoms with van der Waals surface area (Å²) in [7, 11) is 0. The number of halogens is 1. The third kappa shape index (κ3) is 3.48. The number of rotatable bonds is 4. The summed E-state index contributed by atoms with van der Waals surface area (Å²) in [4.78, 5) is 16.4. The van der Waals surface area contributed by atoms with Crippen LogP contribution in [0.15, 0.2) is 53.1 Å². The van der Waals surface area contributed by atoms with Crippen molar-refractivity contribution >= 4 is 17.6 Å². The Morgan fingerprint density at radius 3 is 2.88 bits per heavy atom. The lowest BCUT2D eigenvalue weighted by molar-refractivity contribution is -0.156. The third-order valence-corrected chi connectivity index (χ3v) is 3.90. The zero-order valence-corrected chi connectivity index (χ0v) is 14.2. The molecule has 1 aliphatic heterocycles. The largest absolute Gasteiger partial charge is 0.485 e. The average molecular weight is 373 g/mol. The Labute approximate surface area is 153 Å². The Morgan fingerprint density at radius 1 is 1.19 bits per heavy atom. The molecule has 0 bridgehead atoms. The fourth-order valence-corrected chi connectivity index (χ4v) is 2.61. The van der Waals surface area contributed by atoms with Gasteiger partial charge in [0, 0.05) is 10.6 Å². The van der Waals surface area contributed by atoms with Crippen LogP contribution >= 0.6 is 11.6 Å². The number of hydrogen-bond donors (Lipinski definition) is 0. The van der Waals surface area contributed by atoms with Crippen LogP contribution in [-0.4, -0.2) is 28.8 Å². The van der Waals surface area contributed by atoms with Gasteiger partial charge in [-0.15, -0.1) is 0 Å². The molecule has 132 valence electrons. The Hall–Kier alpha value is -3.06. The highest BCUT2D eigenvalue weighted by Crippen LogP contribution is 2.31. The van der Waals surface area contributed by atoms with Crippen molar-refractivity contribution in [1.29, 1.82) is 0 Å². The summed E-state index contributed by atoms with van der Waals surface area (Å²) in [6.45, 7) is -0.0820. The molecule has 0 spiro atoms. The SMILES string of the molecule is O=C(OCc1nc(-c2cccc(Cl)c2)no1)[C@H]1COc2ccccc2O1. The van der Waals surface area contributed by atoms with E-state index in [9.17, 15) is 4.79 Å². The molecule has 4 rings (SSSR count). The van der Waals surface area contributed by atoms with Crippen molar-refractivity contribution in [3.63, 3.8) is 0 Å². The summed E-state index contributed by atoms with van der Waals surface area (Å²) < 4.78 is 21.4. The number of aromatic nitrogens is 2. The van der Waals surface area contributed by atoms with Gasteiger partial charge in [0.2, 0.25) is 11.9 Å². The van der Waals surface area contributed by atoms with Gasteiger partial charge in [0.05, 0.1) is 0 Å². The highest BCUT2D eigenvalue weighted by atomic mass is 35.5. The van der Waals surface area contributed by atoms with Crippen molar-refractivity contribution in [3.05, 3.63) is 59.4 Å². The monoisotopic (exact) mass is 372 g/mol. The Morgan fingerprint density at radius 2 is 2.04 bits per heavy atom. The molecule has 0 radical (unpaired) electrons. The van der Waals surface area contributed by atoms with Gasteiger partial charge in [-0.3, -0.25) is 0 Å². The molecule has 7 nitrogen and oxygen atoms in total. The van der Waals surface area contributed by atoms with Gasteiger partial charge in [-0.1, -0.05) is 41.0 Å². The van der Waals surface area contributed by atoms with E-state index < -0.39 is 12.1 Å². The van der Waals surface area contributed by atoms with Crippen LogP contribution in [0, 0.1) is 0 Å². The standard InChI is InChI=1S/C18H13ClN2O5/c19-12-5-3-4-11(8-12)17-20-16(26-21-17)10-24-18(22)15-9-23-13-6-1-2-7-14(13)25-15/h1-8,15H,9-10H2/t15-/m1/s1. The van der Waals surface area contributed by atoms with Crippen LogP contribution in [0.25, 0.3) is 11.4 Å². The minimum atomic E-state index is -0.847. The summed E-state index contributed by atoms with van der Waals surface area (Å²) in [5.74, 6) is 1.07. The van der Waals surface area contributed by atoms with E-state index in [4.69, 9.17) is 30.3 Å². The van der Waals surface area contributed by atoms with Gasteiger partial charge in [-0.05, 0) is 24.3 Å². The van der Waals surface area contributed by atoms with E-state index in [0.717, 1.165) is 0 Å². The molecule has 0 amide bonds. The van der Waals surface area contributed by atoms with Crippen molar-refractivity contribution in [3.8, 4) is 22.9 Å². The third-order valence-electron chi connectivity index (χ3n) is 3.66. The quantitative estimate of drug-likeness (QED) is 0.650. The van der Waals surface area contributed by atoms with Gasteiger partial charge in [0.15, 0.2) is 18.1 Å². The molecule has 2 heterocycles. The van der Waals surface area contributed by atoms with Crippen molar-refractivity contribution in [2.45, 2.75) is 12.7 Å². The van der Waals surface area contributed by atoms with Crippen LogP contribution in [0.5, 0.6) is 11.5 Å². The molecule has 0 N–H and O–H groups in total. The topological polar surface area (TPSA) is 83.7 Å². The second-order valence-electron chi connectivity index (χ2n) is 5.49. The van der Waals surface area contributed by atoms with Gasteiger partial charge in [-0.25, -0.2) is 4.79 Å². The van der Waals surface area contributed by atoms with Crippen LogP contribution in [0.2, 0.25) is 5.02 Å². The Kier molecular flexibility index (Phi) is 4.45. The number of esters is 1. The zero-order chi connectivity index (χ0) is 17.9. The minimum absolute atomic E-state index is 0.0768. The molecule has 26 heavy (non-hydrogen) atoms. The molecule has 3 aromatic rings. The van der Waals surface area contributed by atoms with Gasteiger partial charge in [-0.2, -0.15) is 4.98 Å². The van der Waals surface area contributed by atoms with E-state index in [-0.39, 0.29) is 19.1 Å². The first-order valence-corrected chi connectivity index (χ1v) is 8.20. The number of carbonyl (C=O) groups excluding carboxylic acids is 1. The lowest BCUT2D eigenvalue weighted by Gasteiger charge is -2.24. The van der Waals surface area contributed by atoms with Crippen molar-refractivity contribution < 1.29 is 23.5 Å². The molecule has 1 aromatic heterocycles. The summed E-state index contributed by atoms with van der Waals surface area (Å²) in [6, 6.07) is 14.2. The maximum atomic E-state index is 12.2. The summed E-state index contributed by atoms with van der Waals surface area (Å²) in [5.41, 5.74) is 0.708. The number of para-hydroxylation sites is 2. The lowest BCUT2D eigenvalue weighted by Crippen LogP contribution is -2.37. The lowest BCUT2D eigenvalue weighted by atomic mass is 10.2. The molecule has 0 aliphatic carbocycles. The molecule has 0 unspecified atom stereocenters. The second kappa shape index (κ2) is 7.05. The Balaban J connectivity index is 1.37. The van der Waals surface area contributed by atoms with Gasteiger partial charge in [0.1, 0.15) is 6.61 Å². The predicted octanol–water partition coefficient (Wildman–Crippen LogP) is 3.27.